The van der Waals surface area contributed by atoms with E-state index < -0.39 is 0 Å². The minimum absolute atomic E-state index is 0.350. The Bertz CT molecular complexity index is 309. The second-order valence-electron chi connectivity index (χ2n) is 3.29. The second-order valence-corrected chi connectivity index (χ2v) is 4.20. The number of ether oxygens (including phenoxy) is 1. The van der Waals surface area contributed by atoms with Crippen molar-refractivity contribution in [2.75, 3.05) is 11.9 Å². The predicted molar refractivity (Wildman–Crippen MR) is 63.6 cm³/mol. The first kappa shape index (κ1) is 12.0. The zero-order chi connectivity index (χ0) is 11.1. The molecule has 0 unspecified atom stereocenters. The summed E-state index contributed by atoms with van der Waals surface area (Å²) >= 11 is 1.54. The van der Waals surface area contributed by atoms with Gasteiger partial charge >= 0.3 is 6.09 Å². The molecular formula is C11H17NO2S. The lowest BCUT2D eigenvalue weighted by atomic mass is 10.2. The number of carbonyl (C=O) groups is 1. The molecule has 0 aromatic carbocycles. The zero-order valence-electron chi connectivity index (χ0n) is 9.21. The molecule has 84 valence electrons. The second kappa shape index (κ2) is 6.45. The molecule has 3 nitrogen and oxygen atoms in total. The van der Waals surface area contributed by atoms with Gasteiger partial charge in [-0.1, -0.05) is 20.3 Å². The van der Waals surface area contributed by atoms with Gasteiger partial charge in [0, 0.05) is 0 Å². The van der Waals surface area contributed by atoms with Crippen LogP contribution in [0.2, 0.25) is 0 Å². The fraction of sp³-hybridized carbons (Fsp3) is 0.545. The third kappa shape index (κ3) is 3.91. The van der Waals surface area contributed by atoms with Crippen LogP contribution in [0, 0.1) is 0 Å². The normalized spacial score (nSPS) is 10.0. The maximum atomic E-state index is 11.3. The number of anilines is 1. The molecule has 0 bridgehead atoms. The van der Waals surface area contributed by atoms with Crippen molar-refractivity contribution in [2.24, 2.45) is 0 Å². The van der Waals surface area contributed by atoms with E-state index in [0.717, 1.165) is 24.3 Å². The first-order valence-electron chi connectivity index (χ1n) is 5.28. The standard InChI is InChI=1S/C11H17NO2S/c1-3-5-9-6-8-15-10(9)12-11(13)14-7-4-2/h6,8H,3-5,7H2,1-2H3,(H,12,13). The van der Waals surface area contributed by atoms with E-state index in [0.29, 0.717) is 6.61 Å². The Labute approximate surface area is 94.5 Å². The molecule has 1 aromatic heterocycles. The maximum absolute atomic E-state index is 11.3. The van der Waals surface area contributed by atoms with Gasteiger partial charge in [-0.2, -0.15) is 0 Å². The van der Waals surface area contributed by atoms with Gasteiger partial charge < -0.3 is 4.74 Å². The van der Waals surface area contributed by atoms with Gasteiger partial charge in [0.25, 0.3) is 0 Å². The van der Waals surface area contributed by atoms with E-state index in [4.69, 9.17) is 4.74 Å². The van der Waals surface area contributed by atoms with E-state index in [1.165, 1.54) is 16.9 Å². The molecule has 0 aliphatic heterocycles. The van der Waals surface area contributed by atoms with Crippen LogP contribution in [-0.4, -0.2) is 12.7 Å². The number of hydrogen-bond donors (Lipinski definition) is 1. The summed E-state index contributed by atoms with van der Waals surface area (Å²) in [7, 11) is 0. The molecule has 15 heavy (non-hydrogen) atoms. The molecule has 4 heteroatoms. The number of carbonyl (C=O) groups excluding carboxylic acids is 1. The molecule has 0 fully saturated rings. The van der Waals surface area contributed by atoms with Crippen molar-refractivity contribution in [3.8, 4) is 0 Å². The highest BCUT2D eigenvalue weighted by atomic mass is 32.1. The van der Waals surface area contributed by atoms with Crippen molar-refractivity contribution >= 4 is 22.4 Å². The third-order valence-corrected chi connectivity index (χ3v) is 2.79. The van der Waals surface area contributed by atoms with Crippen molar-refractivity contribution in [2.45, 2.75) is 33.1 Å². The molecule has 0 atom stereocenters. The summed E-state index contributed by atoms with van der Waals surface area (Å²) in [6, 6.07) is 2.05. The molecule has 1 heterocycles. The summed E-state index contributed by atoms with van der Waals surface area (Å²) < 4.78 is 4.95. The van der Waals surface area contributed by atoms with Crippen LogP contribution < -0.4 is 5.32 Å². The minimum atomic E-state index is -0.350. The molecule has 1 N–H and O–H groups in total. The van der Waals surface area contributed by atoms with Gasteiger partial charge in [-0.3, -0.25) is 5.32 Å². The Morgan fingerprint density at radius 1 is 1.47 bits per heavy atom. The monoisotopic (exact) mass is 227 g/mol. The van der Waals surface area contributed by atoms with Crippen molar-refractivity contribution in [3.05, 3.63) is 17.0 Å². The van der Waals surface area contributed by atoms with Gasteiger partial charge in [0.15, 0.2) is 0 Å². The quantitative estimate of drug-likeness (QED) is 0.833. The molecular weight excluding hydrogens is 210 g/mol. The topological polar surface area (TPSA) is 38.3 Å². The first-order chi connectivity index (χ1) is 7.27. The number of aryl methyl sites for hydroxylation is 1. The largest absolute Gasteiger partial charge is 0.449 e. The van der Waals surface area contributed by atoms with E-state index in [-0.39, 0.29) is 6.09 Å². The van der Waals surface area contributed by atoms with E-state index in [9.17, 15) is 4.79 Å². The maximum Gasteiger partial charge on any atom is 0.412 e. The van der Waals surface area contributed by atoms with Crippen molar-refractivity contribution in [1.29, 1.82) is 0 Å². The average Bonchev–Trinajstić information content (AvgIpc) is 2.63. The van der Waals surface area contributed by atoms with Crippen molar-refractivity contribution in [1.82, 2.24) is 0 Å². The van der Waals surface area contributed by atoms with Crippen LogP contribution in [0.25, 0.3) is 0 Å². The van der Waals surface area contributed by atoms with Crippen LogP contribution in [0.5, 0.6) is 0 Å². The lowest BCUT2D eigenvalue weighted by Gasteiger charge is -2.05. The lowest BCUT2D eigenvalue weighted by Crippen LogP contribution is -2.14. The summed E-state index contributed by atoms with van der Waals surface area (Å²) in [6.07, 6.45) is 2.57. The van der Waals surface area contributed by atoms with Gasteiger partial charge in [-0.05, 0) is 29.9 Å². The van der Waals surface area contributed by atoms with Crippen LogP contribution in [0.15, 0.2) is 11.4 Å². The number of amides is 1. The van der Waals surface area contributed by atoms with Crippen LogP contribution in [0.4, 0.5) is 9.80 Å². The number of nitrogens with one attached hydrogen (secondary N) is 1. The highest BCUT2D eigenvalue weighted by Gasteiger charge is 2.07. The van der Waals surface area contributed by atoms with Gasteiger partial charge in [0.1, 0.15) is 5.00 Å². The number of thiophene rings is 1. The molecule has 0 radical (unpaired) electrons. The Hall–Kier alpha value is -1.03. The predicted octanol–water partition coefficient (Wildman–Crippen LogP) is 3.66. The SMILES string of the molecule is CCCOC(=O)Nc1sccc1CCC. The molecule has 1 aromatic rings. The first-order valence-corrected chi connectivity index (χ1v) is 6.16. The van der Waals surface area contributed by atoms with Crippen LogP contribution in [0.3, 0.4) is 0 Å². The molecule has 0 saturated carbocycles. The summed E-state index contributed by atoms with van der Waals surface area (Å²) in [6.45, 7) is 4.57. The molecule has 0 saturated heterocycles. The summed E-state index contributed by atoms with van der Waals surface area (Å²) in [4.78, 5) is 11.3. The van der Waals surface area contributed by atoms with Crippen molar-refractivity contribution < 1.29 is 9.53 Å². The van der Waals surface area contributed by atoms with Gasteiger partial charge in [0.05, 0.1) is 6.61 Å². The van der Waals surface area contributed by atoms with E-state index in [2.05, 4.69) is 12.2 Å². The van der Waals surface area contributed by atoms with Crippen LogP contribution in [0.1, 0.15) is 32.3 Å². The number of hydrogen-bond acceptors (Lipinski definition) is 3. The van der Waals surface area contributed by atoms with Gasteiger partial charge in [-0.15, -0.1) is 11.3 Å². The lowest BCUT2D eigenvalue weighted by molar-refractivity contribution is 0.162. The van der Waals surface area contributed by atoms with Crippen LogP contribution in [-0.2, 0) is 11.2 Å². The Morgan fingerprint density at radius 3 is 2.93 bits per heavy atom. The van der Waals surface area contributed by atoms with Crippen LogP contribution >= 0.6 is 11.3 Å². The Morgan fingerprint density at radius 2 is 2.27 bits per heavy atom. The highest BCUT2D eigenvalue weighted by Crippen LogP contribution is 2.24. The van der Waals surface area contributed by atoms with E-state index in [1.807, 2.05) is 18.4 Å². The van der Waals surface area contributed by atoms with E-state index in [1.54, 1.807) is 0 Å². The Kier molecular flexibility index (Phi) is 5.18. The highest BCUT2D eigenvalue weighted by molar-refractivity contribution is 7.14. The average molecular weight is 227 g/mol. The van der Waals surface area contributed by atoms with Gasteiger partial charge in [-0.25, -0.2) is 4.79 Å². The third-order valence-electron chi connectivity index (χ3n) is 1.92. The zero-order valence-corrected chi connectivity index (χ0v) is 10.0. The minimum Gasteiger partial charge on any atom is -0.449 e. The summed E-state index contributed by atoms with van der Waals surface area (Å²) in [5.41, 5.74) is 1.19. The molecule has 0 aliphatic rings. The fourth-order valence-electron chi connectivity index (χ4n) is 1.24. The summed E-state index contributed by atoms with van der Waals surface area (Å²) in [5, 5.41) is 5.67. The summed E-state index contributed by atoms with van der Waals surface area (Å²) in [5.74, 6) is 0. The molecule has 1 rings (SSSR count). The molecule has 0 aliphatic carbocycles. The molecule has 1 amide bonds. The fourth-order valence-corrected chi connectivity index (χ4v) is 2.07. The molecule has 0 spiro atoms. The number of rotatable bonds is 5. The van der Waals surface area contributed by atoms with Gasteiger partial charge in [0.2, 0.25) is 0 Å². The Balaban J connectivity index is 2.48. The van der Waals surface area contributed by atoms with E-state index >= 15 is 0 Å². The van der Waals surface area contributed by atoms with Crippen molar-refractivity contribution in [3.63, 3.8) is 0 Å². The smallest absolute Gasteiger partial charge is 0.412 e.